The maximum Gasteiger partial charge on any atom is 0.139 e. The van der Waals surface area contributed by atoms with Gasteiger partial charge in [-0.15, -0.1) is 0 Å². The Balaban J connectivity index is 1.61. The van der Waals surface area contributed by atoms with Crippen LogP contribution in [0.5, 0.6) is 0 Å². The number of carbonyl (C=O) groups is 1. The number of hydrogen-bond donors (Lipinski definition) is 1. The number of hydrogen-bond acceptors (Lipinski definition) is 2. The molecule has 2 nitrogen and oxygen atoms in total. The van der Waals surface area contributed by atoms with E-state index in [0.29, 0.717) is 23.0 Å². The largest absolute Gasteiger partial charge is 0.390 e. The van der Waals surface area contributed by atoms with Gasteiger partial charge in [0.1, 0.15) is 5.78 Å². The molecule has 0 heterocycles. The molecule has 0 aromatic heterocycles. The number of fused-ring (bicyclic) bond motifs is 5. The van der Waals surface area contributed by atoms with Gasteiger partial charge in [-0.05, 0) is 86.9 Å². The van der Waals surface area contributed by atoms with Gasteiger partial charge in [0.2, 0.25) is 0 Å². The van der Waals surface area contributed by atoms with Crippen LogP contribution in [0.3, 0.4) is 0 Å². The lowest BCUT2D eigenvalue weighted by atomic mass is 9.44. The Morgan fingerprint density at radius 1 is 1.04 bits per heavy atom. The van der Waals surface area contributed by atoms with Gasteiger partial charge in [0.25, 0.3) is 0 Å². The van der Waals surface area contributed by atoms with Crippen LogP contribution in [-0.2, 0) is 4.79 Å². The Morgan fingerprint density at radius 2 is 1.83 bits per heavy atom. The minimum atomic E-state index is -0.399. The fourth-order valence-electron chi connectivity index (χ4n) is 7.41. The molecule has 23 heavy (non-hydrogen) atoms. The lowest BCUT2D eigenvalue weighted by Crippen LogP contribution is -2.55. The third-order valence-electron chi connectivity index (χ3n) is 9.19. The SMILES string of the molecule is CCC1(O)CC[C@]2(C)C3CC[C@]4(C)C(=O)CCC4C3CC[C@H]2C1. The van der Waals surface area contributed by atoms with E-state index < -0.39 is 5.60 Å². The molecule has 130 valence electrons. The summed E-state index contributed by atoms with van der Waals surface area (Å²) in [7, 11) is 0. The molecule has 0 spiro atoms. The molecule has 2 heteroatoms. The summed E-state index contributed by atoms with van der Waals surface area (Å²) < 4.78 is 0. The topological polar surface area (TPSA) is 37.3 Å². The number of ketones is 1. The predicted octanol–water partition coefficient (Wildman–Crippen LogP) is 4.74. The highest BCUT2D eigenvalue weighted by molar-refractivity contribution is 5.87. The molecule has 0 amide bonds. The molecular weight excluding hydrogens is 284 g/mol. The summed E-state index contributed by atoms with van der Waals surface area (Å²) in [5.41, 5.74) is 0.0178. The summed E-state index contributed by atoms with van der Waals surface area (Å²) in [4.78, 5) is 12.5. The van der Waals surface area contributed by atoms with Crippen molar-refractivity contribution in [1.82, 2.24) is 0 Å². The first-order chi connectivity index (χ1) is 10.8. The molecule has 4 aliphatic rings. The molecule has 4 unspecified atom stereocenters. The van der Waals surface area contributed by atoms with Crippen LogP contribution >= 0.6 is 0 Å². The van der Waals surface area contributed by atoms with Crippen molar-refractivity contribution in [2.45, 2.75) is 90.6 Å². The van der Waals surface area contributed by atoms with Crippen LogP contribution < -0.4 is 0 Å². The maximum atomic E-state index is 12.5. The van der Waals surface area contributed by atoms with Gasteiger partial charge in [0, 0.05) is 11.8 Å². The summed E-state index contributed by atoms with van der Waals surface area (Å²) >= 11 is 0. The van der Waals surface area contributed by atoms with Gasteiger partial charge in [0.05, 0.1) is 5.60 Å². The Morgan fingerprint density at radius 3 is 2.57 bits per heavy atom. The Bertz CT molecular complexity index is 514. The smallest absolute Gasteiger partial charge is 0.139 e. The average molecular weight is 319 g/mol. The van der Waals surface area contributed by atoms with E-state index in [1.54, 1.807) is 0 Å². The van der Waals surface area contributed by atoms with Crippen molar-refractivity contribution in [3.05, 3.63) is 0 Å². The fourth-order valence-corrected chi connectivity index (χ4v) is 7.41. The number of rotatable bonds is 1. The molecule has 0 aromatic carbocycles. The van der Waals surface area contributed by atoms with E-state index in [2.05, 4.69) is 20.8 Å². The van der Waals surface area contributed by atoms with E-state index in [1.807, 2.05) is 0 Å². The number of carbonyl (C=O) groups excluding carboxylic acids is 1. The van der Waals surface area contributed by atoms with Gasteiger partial charge in [-0.25, -0.2) is 0 Å². The lowest BCUT2D eigenvalue weighted by molar-refractivity contribution is -0.154. The number of Topliss-reactive ketones (excluding diaryl/α,β-unsaturated/α-hetero) is 1. The molecular formula is C21H34O2. The van der Waals surface area contributed by atoms with Crippen molar-refractivity contribution in [3.63, 3.8) is 0 Å². The van der Waals surface area contributed by atoms with Gasteiger partial charge in [0.15, 0.2) is 0 Å². The summed E-state index contributed by atoms with van der Waals surface area (Å²) in [6.07, 6.45) is 11.0. The minimum Gasteiger partial charge on any atom is -0.390 e. The molecule has 4 aliphatic carbocycles. The van der Waals surface area contributed by atoms with Crippen molar-refractivity contribution in [2.75, 3.05) is 0 Å². The van der Waals surface area contributed by atoms with Crippen LogP contribution in [0.15, 0.2) is 0 Å². The molecule has 0 bridgehead atoms. The van der Waals surface area contributed by atoms with Crippen LogP contribution in [0.2, 0.25) is 0 Å². The van der Waals surface area contributed by atoms with Crippen LogP contribution in [0, 0.1) is 34.5 Å². The van der Waals surface area contributed by atoms with E-state index >= 15 is 0 Å². The summed E-state index contributed by atoms with van der Waals surface area (Å²) in [5, 5.41) is 10.8. The van der Waals surface area contributed by atoms with Crippen LogP contribution in [-0.4, -0.2) is 16.5 Å². The summed E-state index contributed by atoms with van der Waals surface area (Å²) in [6, 6.07) is 0. The van der Waals surface area contributed by atoms with Crippen molar-refractivity contribution in [1.29, 1.82) is 0 Å². The third kappa shape index (κ3) is 2.12. The van der Waals surface area contributed by atoms with Crippen LogP contribution in [0.4, 0.5) is 0 Å². The Kier molecular flexibility index (Phi) is 3.55. The highest BCUT2D eigenvalue weighted by atomic mass is 16.3. The molecule has 1 N–H and O–H groups in total. The van der Waals surface area contributed by atoms with E-state index in [1.165, 1.54) is 25.7 Å². The zero-order valence-electron chi connectivity index (χ0n) is 15.2. The second-order valence-corrected chi connectivity index (χ2v) is 9.86. The zero-order chi connectivity index (χ0) is 16.5. The van der Waals surface area contributed by atoms with Gasteiger partial charge in [-0.2, -0.15) is 0 Å². The maximum absolute atomic E-state index is 12.5. The second kappa shape index (κ2) is 5.07. The first kappa shape index (κ1) is 16.1. The van der Waals surface area contributed by atoms with Gasteiger partial charge < -0.3 is 5.11 Å². The normalized spacial score (nSPS) is 55.9. The summed E-state index contributed by atoms with van der Waals surface area (Å²) in [6.45, 7) is 6.95. The molecule has 4 rings (SSSR count). The Labute approximate surface area is 141 Å². The summed E-state index contributed by atoms with van der Waals surface area (Å²) in [5.74, 6) is 3.47. The standard InChI is InChI=1S/C21H34O2/c1-4-21(23)12-11-19(2)14(13-21)5-6-15-16-7-8-18(22)20(16,3)10-9-17(15)19/h14-17,23H,4-13H2,1-3H3/t14-,15?,16?,17?,19-,20-,21?/m0/s1. The monoisotopic (exact) mass is 318 g/mol. The zero-order valence-corrected chi connectivity index (χ0v) is 15.2. The third-order valence-corrected chi connectivity index (χ3v) is 9.19. The molecule has 0 radical (unpaired) electrons. The molecule has 0 aromatic rings. The van der Waals surface area contributed by atoms with Gasteiger partial charge >= 0.3 is 0 Å². The number of aliphatic hydroxyl groups is 1. The van der Waals surface area contributed by atoms with Crippen LogP contribution in [0.25, 0.3) is 0 Å². The molecule has 4 fully saturated rings. The molecule has 4 saturated carbocycles. The molecule has 0 aliphatic heterocycles. The molecule has 0 saturated heterocycles. The van der Waals surface area contributed by atoms with Crippen molar-refractivity contribution in [2.24, 2.45) is 34.5 Å². The van der Waals surface area contributed by atoms with E-state index in [0.717, 1.165) is 50.4 Å². The van der Waals surface area contributed by atoms with Crippen molar-refractivity contribution in [3.8, 4) is 0 Å². The quantitative estimate of drug-likeness (QED) is 0.758. The first-order valence-electron chi connectivity index (χ1n) is 10.1. The lowest BCUT2D eigenvalue weighted by Gasteiger charge is -2.61. The fraction of sp³-hybridized carbons (Fsp3) is 0.952. The van der Waals surface area contributed by atoms with E-state index in [4.69, 9.17) is 0 Å². The van der Waals surface area contributed by atoms with E-state index in [9.17, 15) is 9.90 Å². The second-order valence-electron chi connectivity index (χ2n) is 9.86. The van der Waals surface area contributed by atoms with Crippen molar-refractivity contribution < 1.29 is 9.90 Å². The Hall–Kier alpha value is -0.370. The first-order valence-corrected chi connectivity index (χ1v) is 10.1. The average Bonchev–Trinajstić information content (AvgIpc) is 2.84. The highest BCUT2D eigenvalue weighted by Gasteiger charge is 2.61. The van der Waals surface area contributed by atoms with Crippen molar-refractivity contribution >= 4 is 5.78 Å². The van der Waals surface area contributed by atoms with Gasteiger partial charge in [-0.1, -0.05) is 20.8 Å². The van der Waals surface area contributed by atoms with E-state index in [-0.39, 0.29) is 5.41 Å². The highest BCUT2D eigenvalue weighted by Crippen LogP contribution is 2.66. The minimum absolute atomic E-state index is 0.00316. The predicted molar refractivity (Wildman–Crippen MR) is 92.0 cm³/mol. The van der Waals surface area contributed by atoms with Crippen LogP contribution in [0.1, 0.15) is 85.0 Å². The van der Waals surface area contributed by atoms with Gasteiger partial charge in [-0.3, -0.25) is 4.79 Å². The molecule has 7 atom stereocenters.